The number of primary amides is 1. The number of hydrogen-bond donors (Lipinski definition) is 1. The summed E-state index contributed by atoms with van der Waals surface area (Å²) in [6.45, 7) is 4.88. The summed E-state index contributed by atoms with van der Waals surface area (Å²) in [5.41, 5.74) is 5.18. The van der Waals surface area contributed by atoms with E-state index < -0.39 is 17.8 Å². The van der Waals surface area contributed by atoms with Gasteiger partial charge in [0.05, 0.1) is 12.7 Å². The van der Waals surface area contributed by atoms with E-state index in [0.29, 0.717) is 0 Å². The van der Waals surface area contributed by atoms with E-state index in [4.69, 9.17) is 11.0 Å². The molecule has 14 heavy (non-hydrogen) atoms. The summed E-state index contributed by atoms with van der Waals surface area (Å²) < 4.78 is 4.69. The van der Waals surface area contributed by atoms with Crippen LogP contribution >= 0.6 is 0 Å². The fourth-order valence-corrected chi connectivity index (χ4v) is 0.663. The Kier molecular flexibility index (Phi) is 5.00. The molecule has 0 fully saturated rings. The van der Waals surface area contributed by atoms with Crippen LogP contribution in [-0.2, 0) is 14.3 Å². The second-order valence-corrected chi connectivity index (χ2v) is 2.79. The average Bonchev–Trinajstić information content (AvgIpc) is 2.11. The molecule has 5 nitrogen and oxygen atoms in total. The first kappa shape index (κ1) is 12.2. The largest absolute Gasteiger partial charge is 0.462 e. The summed E-state index contributed by atoms with van der Waals surface area (Å²) >= 11 is 0. The Morgan fingerprint density at radius 3 is 2.57 bits per heavy atom. The highest BCUT2D eigenvalue weighted by Gasteiger charge is 2.14. The third-order valence-corrected chi connectivity index (χ3v) is 1.49. The van der Waals surface area contributed by atoms with Crippen molar-refractivity contribution in [2.24, 2.45) is 11.7 Å². The van der Waals surface area contributed by atoms with Gasteiger partial charge in [-0.3, -0.25) is 4.79 Å². The maximum Gasteiger partial charge on any atom is 0.333 e. The van der Waals surface area contributed by atoms with Crippen molar-refractivity contribution in [3.05, 3.63) is 12.2 Å². The molecule has 5 heteroatoms. The van der Waals surface area contributed by atoms with Gasteiger partial charge in [-0.15, -0.1) is 0 Å². The number of nitriles is 1. The highest BCUT2D eigenvalue weighted by molar-refractivity contribution is 5.87. The molecule has 76 valence electrons. The van der Waals surface area contributed by atoms with E-state index >= 15 is 0 Å². The van der Waals surface area contributed by atoms with Crippen molar-refractivity contribution in [1.29, 1.82) is 5.26 Å². The van der Waals surface area contributed by atoms with Crippen molar-refractivity contribution < 1.29 is 14.3 Å². The fraction of sp³-hybridized carbons (Fsp3) is 0.444. The number of amides is 1. The molecule has 2 N–H and O–H groups in total. The average molecular weight is 196 g/mol. The summed E-state index contributed by atoms with van der Waals surface area (Å²) in [6, 6.07) is 1.72. The Morgan fingerprint density at radius 2 is 2.21 bits per heavy atom. The van der Waals surface area contributed by atoms with Crippen LogP contribution in [0, 0.1) is 17.2 Å². The SMILES string of the molecule is C=C(C)C(=O)OCCC(C#N)C(N)=O. The molecule has 0 aliphatic rings. The molecular weight excluding hydrogens is 184 g/mol. The lowest BCUT2D eigenvalue weighted by Gasteiger charge is -2.05. The molecule has 1 atom stereocenters. The Labute approximate surface area is 82.1 Å². The van der Waals surface area contributed by atoms with Gasteiger partial charge < -0.3 is 10.5 Å². The number of nitrogens with zero attached hydrogens (tertiary/aromatic N) is 1. The van der Waals surface area contributed by atoms with Crippen molar-refractivity contribution in [2.45, 2.75) is 13.3 Å². The van der Waals surface area contributed by atoms with Gasteiger partial charge in [0.2, 0.25) is 5.91 Å². The van der Waals surface area contributed by atoms with Crippen LogP contribution in [0.15, 0.2) is 12.2 Å². The Balaban J connectivity index is 3.85. The van der Waals surface area contributed by atoms with Crippen LogP contribution in [0.2, 0.25) is 0 Å². The smallest absolute Gasteiger partial charge is 0.333 e. The van der Waals surface area contributed by atoms with Crippen LogP contribution in [0.25, 0.3) is 0 Å². The summed E-state index contributed by atoms with van der Waals surface area (Å²) in [5.74, 6) is -2.15. The number of nitrogens with two attached hydrogens (primary N) is 1. The molecule has 0 radical (unpaired) electrons. The third kappa shape index (κ3) is 4.26. The molecular formula is C9H12N2O3. The molecule has 0 aliphatic heterocycles. The van der Waals surface area contributed by atoms with Gasteiger partial charge in [-0.05, 0) is 6.92 Å². The minimum atomic E-state index is -0.909. The van der Waals surface area contributed by atoms with Crippen LogP contribution in [0.5, 0.6) is 0 Å². The molecule has 0 aromatic carbocycles. The van der Waals surface area contributed by atoms with Crippen molar-refractivity contribution in [3.8, 4) is 6.07 Å². The Hall–Kier alpha value is -1.83. The lowest BCUT2D eigenvalue weighted by atomic mass is 10.1. The van der Waals surface area contributed by atoms with Gasteiger partial charge >= 0.3 is 5.97 Å². The maximum absolute atomic E-state index is 10.9. The first-order valence-electron chi connectivity index (χ1n) is 4.00. The van der Waals surface area contributed by atoms with Crippen LogP contribution in [0.1, 0.15) is 13.3 Å². The Morgan fingerprint density at radius 1 is 1.64 bits per heavy atom. The normalized spacial score (nSPS) is 11.1. The van der Waals surface area contributed by atoms with Gasteiger partial charge in [-0.2, -0.15) is 5.26 Å². The lowest BCUT2D eigenvalue weighted by Crippen LogP contribution is -2.23. The van der Waals surface area contributed by atoms with Gasteiger partial charge in [0.1, 0.15) is 5.92 Å². The molecule has 0 spiro atoms. The van der Waals surface area contributed by atoms with E-state index in [9.17, 15) is 9.59 Å². The maximum atomic E-state index is 10.9. The highest BCUT2D eigenvalue weighted by Crippen LogP contribution is 2.02. The highest BCUT2D eigenvalue weighted by atomic mass is 16.5. The first-order chi connectivity index (χ1) is 6.49. The lowest BCUT2D eigenvalue weighted by molar-refractivity contribution is -0.139. The van der Waals surface area contributed by atoms with E-state index in [1.54, 1.807) is 6.07 Å². The topological polar surface area (TPSA) is 93.2 Å². The summed E-state index contributed by atoms with van der Waals surface area (Å²) in [7, 11) is 0. The number of hydrogen-bond acceptors (Lipinski definition) is 4. The van der Waals surface area contributed by atoms with Crippen molar-refractivity contribution in [1.82, 2.24) is 0 Å². The molecule has 0 aromatic heterocycles. The summed E-state index contributed by atoms with van der Waals surface area (Å²) in [4.78, 5) is 21.4. The molecule has 0 rings (SSSR count). The van der Waals surface area contributed by atoms with Gasteiger partial charge in [0, 0.05) is 12.0 Å². The van der Waals surface area contributed by atoms with Gasteiger partial charge in [0.25, 0.3) is 0 Å². The van der Waals surface area contributed by atoms with E-state index in [0.717, 1.165) is 0 Å². The predicted molar refractivity (Wildman–Crippen MR) is 48.7 cm³/mol. The minimum absolute atomic E-state index is 0.00708. The molecule has 0 aromatic rings. The number of carbonyl (C=O) groups is 2. The van der Waals surface area contributed by atoms with E-state index in [1.165, 1.54) is 6.92 Å². The van der Waals surface area contributed by atoms with E-state index in [-0.39, 0.29) is 18.6 Å². The van der Waals surface area contributed by atoms with Crippen LogP contribution in [0.4, 0.5) is 0 Å². The van der Waals surface area contributed by atoms with Crippen LogP contribution in [-0.4, -0.2) is 18.5 Å². The van der Waals surface area contributed by atoms with E-state index in [1.807, 2.05) is 0 Å². The monoisotopic (exact) mass is 196 g/mol. The van der Waals surface area contributed by atoms with E-state index in [2.05, 4.69) is 11.3 Å². The molecule has 1 amide bonds. The van der Waals surface area contributed by atoms with Crippen molar-refractivity contribution in [2.75, 3.05) is 6.61 Å². The quantitative estimate of drug-likeness (QED) is 0.499. The number of ether oxygens (including phenoxy) is 1. The number of esters is 1. The fourth-order valence-electron chi connectivity index (χ4n) is 0.663. The zero-order valence-electron chi connectivity index (χ0n) is 7.95. The van der Waals surface area contributed by atoms with Crippen LogP contribution < -0.4 is 5.73 Å². The number of carbonyl (C=O) groups excluding carboxylic acids is 2. The van der Waals surface area contributed by atoms with Gasteiger partial charge in [-0.25, -0.2) is 4.79 Å². The molecule has 0 saturated heterocycles. The molecule has 0 saturated carbocycles. The van der Waals surface area contributed by atoms with Gasteiger partial charge in [0.15, 0.2) is 0 Å². The number of rotatable bonds is 5. The Bertz CT molecular complexity index is 291. The minimum Gasteiger partial charge on any atom is -0.462 e. The zero-order chi connectivity index (χ0) is 11.1. The molecule has 0 heterocycles. The molecule has 1 unspecified atom stereocenters. The second-order valence-electron chi connectivity index (χ2n) is 2.79. The third-order valence-electron chi connectivity index (χ3n) is 1.49. The van der Waals surface area contributed by atoms with Gasteiger partial charge in [-0.1, -0.05) is 6.58 Å². The predicted octanol–water partition coefficient (Wildman–Crippen LogP) is 0.121. The second kappa shape index (κ2) is 5.75. The molecule has 0 aliphatic carbocycles. The zero-order valence-corrected chi connectivity index (χ0v) is 7.95. The standard InChI is InChI=1S/C9H12N2O3/c1-6(2)9(13)14-4-3-7(5-10)8(11)12/h7H,1,3-4H2,2H3,(H2,11,12). The van der Waals surface area contributed by atoms with Crippen molar-refractivity contribution >= 4 is 11.9 Å². The van der Waals surface area contributed by atoms with Crippen molar-refractivity contribution in [3.63, 3.8) is 0 Å². The first-order valence-corrected chi connectivity index (χ1v) is 4.00. The van der Waals surface area contributed by atoms with Crippen LogP contribution in [0.3, 0.4) is 0 Å². The summed E-state index contributed by atoms with van der Waals surface area (Å²) in [6.07, 6.45) is 0.116. The molecule has 0 bridgehead atoms. The summed E-state index contributed by atoms with van der Waals surface area (Å²) in [5, 5.41) is 8.46.